The third kappa shape index (κ3) is 3.71. The number of carbonyl (C=O) groups excluding carboxylic acids is 1. The van der Waals surface area contributed by atoms with Crippen molar-refractivity contribution in [2.75, 3.05) is 11.9 Å². The first-order valence-corrected chi connectivity index (χ1v) is 11.4. The van der Waals surface area contributed by atoms with Crippen LogP contribution in [0.1, 0.15) is 48.4 Å². The second-order valence-corrected chi connectivity index (χ2v) is 9.75. The largest absolute Gasteiger partial charge is 0.465 e. The second-order valence-electron chi connectivity index (χ2n) is 8.18. The van der Waals surface area contributed by atoms with Gasteiger partial charge in [-0.3, -0.25) is 4.90 Å². The van der Waals surface area contributed by atoms with Crippen LogP contribution in [-0.2, 0) is 35.7 Å². The van der Waals surface area contributed by atoms with Crippen LogP contribution in [0.15, 0.2) is 17.6 Å². The van der Waals surface area contributed by atoms with E-state index in [1.54, 1.807) is 6.92 Å². The van der Waals surface area contributed by atoms with E-state index in [1.807, 2.05) is 4.72 Å². The van der Waals surface area contributed by atoms with Gasteiger partial charge in [-0.2, -0.15) is 0 Å². The predicted molar refractivity (Wildman–Crippen MR) is 108 cm³/mol. The summed E-state index contributed by atoms with van der Waals surface area (Å²) in [7, 11) is -4.05. The highest BCUT2D eigenvalue weighted by molar-refractivity contribution is 7.92. The highest BCUT2D eigenvalue weighted by atomic mass is 32.2. The molecule has 0 bridgehead atoms. The minimum Gasteiger partial charge on any atom is -0.465 e. The molecule has 0 spiro atoms. The van der Waals surface area contributed by atoms with Gasteiger partial charge in [-0.15, -0.1) is 0 Å². The van der Waals surface area contributed by atoms with Crippen LogP contribution in [0.4, 0.5) is 15.3 Å². The van der Waals surface area contributed by atoms with Crippen LogP contribution in [-0.4, -0.2) is 42.6 Å². The Bertz CT molecular complexity index is 985. The summed E-state index contributed by atoms with van der Waals surface area (Å²) in [5, 5.41) is 12.8. The Balaban J connectivity index is 1.48. The number of rotatable bonds is 4. The molecule has 1 saturated heterocycles. The van der Waals surface area contributed by atoms with Gasteiger partial charge in [0.25, 0.3) is 10.0 Å². The summed E-state index contributed by atoms with van der Waals surface area (Å²) in [5.41, 5.74) is 4.62. The van der Waals surface area contributed by atoms with Crippen LogP contribution in [0.25, 0.3) is 0 Å². The van der Waals surface area contributed by atoms with E-state index >= 15 is 0 Å². The first-order valence-electron chi connectivity index (χ1n) is 9.89. The third-order valence-corrected chi connectivity index (χ3v) is 7.21. The molecule has 29 heavy (non-hydrogen) atoms. The first kappa shape index (κ1) is 19.8. The van der Waals surface area contributed by atoms with E-state index in [4.69, 9.17) is 5.11 Å². The Hall–Kier alpha value is -2.55. The number of likely N-dealkylation sites (tertiary alicyclic amines) is 1. The van der Waals surface area contributed by atoms with Gasteiger partial charge in [0.1, 0.15) is 0 Å². The highest BCUT2D eigenvalue weighted by Crippen LogP contribution is 2.38. The van der Waals surface area contributed by atoms with Crippen molar-refractivity contribution in [1.29, 1.82) is 0 Å². The number of carboxylic acid groups (broad SMARTS) is 1. The van der Waals surface area contributed by atoms with Gasteiger partial charge in [-0.25, -0.2) is 22.7 Å². The van der Waals surface area contributed by atoms with Gasteiger partial charge in [-0.05, 0) is 80.2 Å². The topological polar surface area (TPSA) is 116 Å². The van der Waals surface area contributed by atoms with E-state index in [1.165, 1.54) is 17.2 Å². The van der Waals surface area contributed by atoms with Crippen molar-refractivity contribution in [1.82, 2.24) is 9.62 Å². The number of sulfonamides is 1. The fourth-order valence-electron chi connectivity index (χ4n) is 4.57. The average Bonchev–Trinajstić information content (AvgIpc) is 3.26. The lowest BCUT2D eigenvalue weighted by molar-refractivity contribution is 0.0430. The molecule has 1 aromatic carbocycles. The van der Waals surface area contributed by atoms with Crippen molar-refractivity contribution in [2.45, 2.75) is 57.4 Å². The van der Waals surface area contributed by atoms with Crippen molar-refractivity contribution in [2.24, 2.45) is 0 Å². The standard InChI is InChI=1S/C20H25N3O5S/c1-20(8-10-23(20)19(25)26)9-11-29(27,28)22-18(24)21-17-15-6-2-4-13(15)12-14-5-3-7-16(14)17/h9,11-12H,2-8,10H2,1H3,(H,25,26)(H2,21,22,24). The summed E-state index contributed by atoms with van der Waals surface area (Å²) in [6.07, 6.45) is 6.55. The molecule has 1 aromatic rings. The van der Waals surface area contributed by atoms with Crippen LogP contribution in [0.2, 0.25) is 0 Å². The fraction of sp³-hybridized carbons (Fsp3) is 0.500. The highest BCUT2D eigenvalue weighted by Gasteiger charge is 2.42. The summed E-state index contributed by atoms with van der Waals surface area (Å²) < 4.78 is 26.7. The number of amides is 3. The number of anilines is 1. The zero-order chi connectivity index (χ0) is 20.8. The smallest absolute Gasteiger partial charge is 0.407 e. The minimum atomic E-state index is -4.05. The van der Waals surface area contributed by atoms with E-state index in [-0.39, 0.29) is 0 Å². The molecule has 3 aliphatic rings. The van der Waals surface area contributed by atoms with Crippen molar-refractivity contribution in [3.63, 3.8) is 0 Å². The van der Waals surface area contributed by atoms with Crippen LogP contribution in [0.5, 0.6) is 0 Å². The maximum Gasteiger partial charge on any atom is 0.407 e. The minimum absolute atomic E-state index is 0.356. The van der Waals surface area contributed by atoms with Crippen molar-refractivity contribution in [3.8, 4) is 0 Å². The van der Waals surface area contributed by atoms with Gasteiger partial charge in [0, 0.05) is 17.6 Å². The number of hydrogen-bond donors (Lipinski definition) is 3. The van der Waals surface area contributed by atoms with E-state index in [2.05, 4.69) is 11.4 Å². The molecule has 1 unspecified atom stereocenters. The second kappa shape index (κ2) is 7.05. The van der Waals surface area contributed by atoms with Gasteiger partial charge in [0.2, 0.25) is 0 Å². The van der Waals surface area contributed by atoms with Gasteiger partial charge < -0.3 is 10.4 Å². The Labute approximate surface area is 170 Å². The molecule has 0 radical (unpaired) electrons. The van der Waals surface area contributed by atoms with Crippen molar-refractivity contribution in [3.05, 3.63) is 39.8 Å². The molecular formula is C20H25N3O5S. The number of hydrogen-bond acceptors (Lipinski definition) is 4. The van der Waals surface area contributed by atoms with Crippen LogP contribution < -0.4 is 10.0 Å². The number of carbonyl (C=O) groups is 2. The molecule has 3 amide bonds. The number of nitrogens with one attached hydrogen (secondary N) is 2. The quantitative estimate of drug-likeness (QED) is 0.694. The lowest BCUT2D eigenvalue weighted by Gasteiger charge is -2.46. The molecule has 1 atom stereocenters. The van der Waals surface area contributed by atoms with Crippen LogP contribution in [0.3, 0.4) is 0 Å². The van der Waals surface area contributed by atoms with Crippen molar-refractivity contribution >= 4 is 27.8 Å². The number of urea groups is 1. The predicted octanol–water partition coefficient (Wildman–Crippen LogP) is 2.77. The maximum atomic E-state index is 12.5. The van der Waals surface area contributed by atoms with Crippen LogP contribution >= 0.6 is 0 Å². The summed E-state index contributed by atoms with van der Waals surface area (Å²) in [4.78, 5) is 24.8. The van der Waals surface area contributed by atoms with E-state index in [0.29, 0.717) is 13.0 Å². The summed E-state index contributed by atoms with van der Waals surface area (Å²) in [5.74, 6) is 0. The fourth-order valence-corrected chi connectivity index (χ4v) is 5.42. The average molecular weight is 420 g/mol. The first-order chi connectivity index (χ1) is 13.7. The Morgan fingerprint density at radius 2 is 1.76 bits per heavy atom. The molecule has 1 fully saturated rings. The molecule has 4 rings (SSSR count). The SMILES string of the molecule is CC1(C=CS(=O)(=O)NC(=O)Nc2c3c(cc4c2CCC4)CCC3)CCN1C(=O)O. The van der Waals surface area contributed by atoms with Gasteiger partial charge >= 0.3 is 12.1 Å². The lowest BCUT2D eigenvalue weighted by atomic mass is 9.87. The zero-order valence-corrected chi connectivity index (χ0v) is 17.1. The van der Waals surface area contributed by atoms with E-state index in [0.717, 1.165) is 65.6 Å². The molecule has 0 saturated carbocycles. The van der Waals surface area contributed by atoms with Crippen molar-refractivity contribution < 1.29 is 23.1 Å². The Morgan fingerprint density at radius 3 is 2.28 bits per heavy atom. The zero-order valence-electron chi connectivity index (χ0n) is 16.3. The number of aryl methyl sites for hydroxylation is 2. The lowest BCUT2D eigenvalue weighted by Crippen LogP contribution is -2.58. The molecule has 9 heteroatoms. The molecule has 0 aromatic heterocycles. The Kier molecular flexibility index (Phi) is 4.80. The molecule has 156 valence electrons. The van der Waals surface area contributed by atoms with Gasteiger partial charge in [-0.1, -0.05) is 6.07 Å². The summed E-state index contributed by atoms with van der Waals surface area (Å²) >= 11 is 0. The molecule has 1 aliphatic heterocycles. The van der Waals surface area contributed by atoms with E-state index in [9.17, 15) is 18.0 Å². The van der Waals surface area contributed by atoms with Gasteiger partial charge in [0.15, 0.2) is 0 Å². The van der Waals surface area contributed by atoms with Crippen LogP contribution in [0, 0.1) is 0 Å². The summed E-state index contributed by atoms with van der Waals surface area (Å²) in [6.45, 7) is 2.00. The number of benzene rings is 1. The normalized spacial score (nSPS) is 22.9. The molecule has 2 aliphatic carbocycles. The number of fused-ring (bicyclic) bond motifs is 2. The molecular weight excluding hydrogens is 394 g/mol. The van der Waals surface area contributed by atoms with Gasteiger partial charge in [0.05, 0.1) is 5.54 Å². The molecule has 8 nitrogen and oxygen atoms in total. The monoisotopic (exact) mass is 419 g/mol. The molecule has 1 heterocycles. The summed E-state index contributed by atoms with van der Waals surface area (Å²) in [6, 6.07) is 1.44. The van der Waals surface area contributed by atoms with E-state index < -0.39 is 27.7 Å². The maximum absolute atomic E-state index is 12.5. The number of nitrogens with zero attached hydrogens (tertiary/aromatic N) is 1. The molecule has 3 N–H and O–H groups in total. The third-order valence-electron chi connectivity index (χ3n) is 6.24. The Morgan fingerprint density at radius 1 is 1.14 bits per heavy atom.